The Morgan fingerprint density at radius 2 is 1.90 bits per heavy atom. The zero-order valence-corrected chi connectivity index (χ0v) is 17.2. The Hall–Kier alpha value is -2.76. The van der Waals surface area contributed by atoms with Crippen LogP contribution < -0.4 is 5.32 Å². The third kappa shape index (κ3) is 4.47. The molecule has 0 fully saturated rings. The highest BCUT2D eigenvalue weighted by Gasteiger charge is 2.19. The monoisotopic (exact) mass is 424 g/mol. The highest BCUT2D eigenvalue weighted by Crippen LogP contribution is 2.37. The zero-order valence-electron chi connectivity index (χ0n) is 15.6. The number of amides is 1. The largest absolute Gasteiger partial charge is 0.350 e. The van der Waals surface area contributed by atoms with Gasteiger partial charge in [0.25, 0.3) is 5.91 Å². The first-order chi connectivity index (χ1) is 14.0. The molecule has 6 heteroatoms. The van der Waals surface area contributed by atoms with Crippen molar-refractivity contribution in [1.29, 1.82) is 0 Å². The topological polar surface area (TPSA) is 44.9 Å². The van der Waals surface area contributed by atoms with E-state index in [2.05, 4.69) is 10.3 Å². The van der Waals surface area contributed by atoms with Crippen molar-refractivity contribution in [2.24, 2.45) is 0 Å². The number of aromatic nitrogens is 1. The first-order valence-corrected chi connectivity index (χ1v) is 10.3. The maximum Gasteiger partial charge on any atom is 0.269 e. The Morgan fingerprint density at radius 3 is 2.66 bits per heavy atom. The molecule has 0 saturated heterocycles. The normalized spacial score (nSPS) is 11.0. The maximum atomic E-state index is 13.4. The number of carbonyl (C=O) groups is 1. The number of benzene rings is 3. The highest BCUT2D eigenvalue weighted by atomic mass is 35.5. The lowest BCUT2D eigenvalue weighted by molar-refractivity contribution is 0.0944. The van der Waals surface area contributed by atoms with Gasteiger partial charge in [-0.3, -0.25) is 4.79 Å². The Labute approximate surface area is 177 Å². The Balaban J connectivity index is 1.66. The molecule has 1 amide bonds. The molecule has 0 saturated carbocycles. The summed E-state index contributed by atoms with van der Waals surface area (Å²) in [5, 5.41) is 4.52. The van der Waals surface area contributed by atoms with E-state index in [0.29, 0.717) is 16.3 Å². The van der Waals surface area contributed by atoms with Gasteiger partial charge in [0.15, 0.2) is 0 Å². The van der Waals surface area contributed by atoms with Gasteiger partial charge >= 0.3 is 0 Å². The molecule has 0 spiro atoms. The average molecular weight is 425 g/mol. The molecule has 0 atom stereocenters. The van der Waals surface area contributed by atoms with E-state index in [1.165, 1.54) is 23.9 Å². The van der Waals surface area contributed by atoms with Gasteiger partial charge in [-0.05, 0) is 60.5 Å². The second-order valence-corrected chi connectivity index (χ2v) is 8.27. The van der Waals surface area contributed by atoms with Crippen LogP contribution in [0.1, 0.15) is 21.6 Å². The molecule has 4 rings (SSSR count). The number of hydrogen-bond acceptors (Lipinski definition) is 2. The molecule has 0 aliphatic heterocycles. The number of halogens is 2. The summed E-state index contributed by atoms with van der Waals surface area (Å²) in [6.07, 6.45) is 0. The van der Waals surface area contributed by atoms with Crippen LogP contribution in [-0.4, -0.2) is 10.9 Å². The maximum absolute atomic E-state index is 13.4. The van der Waals surface area contributed by atoms with Crippen molar-refractivity contribution in [1.82, 2.24) is 10.3 Å². The minimum Gasteiger partial charge on any atom is -0.350 e. The van der Waals surface area contributed by atoms with E-state index in [0.717, 1.165) is 26.3 Å². The van der Waals surface area contributed by atoms with Gasteiger partial charge in [-0.25, -0.2) is 4.39 Å². The van der Waals surface area contributed by atoms with Crippen LogP contribution in [0.4, 0.5) is 4.39 Å². The number of nitrogens with one attached hydrogen (secondary N) is 2. The molecule has 146 valence electrons. The van der Waals surface area contributed by atoms with Gasteiger partial charge in [-0.2, -0.15) is 0 Å². The fraction of sp³-hybridized carbons (Fsp3) is 0.0870. The summed E-state index contributed by atoms with van der Waals surface area (Å²) in [6, 6.07) is 19.8. The van der Waals surface area contributed by atoms with Crippen LogP contribution in [0.25, 0.3) is 10.9 Å². The minimum absolute atomic E-state index is 0.237. The quantitative estimate of drug-likeness (QED) is 0.392. The van der Waals surface area contributed by atoms with Crippen LogP contribution in [0, 0.1) is 12.7 Å². The molecule has 0 aliphatic rings. The summed E-state index contributed by atoms with van der Waals surface area (Å²) in [7, 11) is 0. The number of fused-ring (bicyclic) bond motifs is 1. The molecular weight excluding hydrogens is 407 g/mol. The van der Waals surface area contributed by atoms with E-state index in [9.17, 15) is 9.18 Å². The summed E-state index contributed by atoms with van der Waals surface area (Å²) in [5.41, 5.74) is 3.20. The van der Waals surface area contributed by atoms with Gasteiger partial charge in [0.1, 0.15) is 11.5 Å². The van der Waals surface area contributed by atoms with Crippen molar-refractivity contribution in [2.45, 2.75) is 23.3 Å². The number of rotatable bonds is 5. The molecule has 0 bridgehead atoms. The summed E-state index contributed by atoms with van der Waals surface area (Å²) in [6.45, 7) is 2.26. The van der Waals surface area contributed by atoms with E-state index < -0.39 is 0 Å². The molecule has 4 aromatic rings. The fourth-order valence-corrected chi connectivity index (χ4v) is 4.26. The number of aryl methyl sites for hydroxylation is 1. The fourth-order valence-electron chi connectivity index (χ4n) is 3.09. The highest BCUT2D eigenvalue weighted by molar-refractivity contribution is 7.99. The van der Waals surface area contributed by atoms with Crippen LogP contribution in [0.15, 0.2) is 76.5 Å². The van der Waals surface area contributed by atoms with Gasteiger partial charge in [0, 0.05) is 27.4 Å². The summed E-state index contributed by atoms with van der Waals surface area (Å²) < 4.78 is 13.4. The van der Waals surface area contributed by atoms with E-state index in [1.54, 1.807) is 12.1 Å². The van der Waals surface area contributed by atoms with Crippen LogP contribution in [0.5, 0.6) is 0 Å². The van der Waals surface area contributed by atoms with E-state index >= 15 is 0 Å². The molecule has 3 nitrogen and oxygen atoms in total. The third-order valence-electron chi connectivity index (χ3n) is 4.51. The second kappa shape index (κ2) is 8.31. The van der Waals surface area contributed by atoms with Crippen LogP contribution in [-0.2, 0) is 6.54 Å². The predicted octanol–water partition coefficient (Wildman–Crippen LogP) is 6.35. The zero-order chi connectivity index (χ0) is 20.4. The summed E-state index contributed by atoms with van der Waals surface area (Å²) in [4.78, 5) is 18.0. The van der Waals surface area contributed by atoms with Gasteiger partial charge in [0.2, 0.25) is 0 Å². The Morgan fingerprint density at radius 1 is 1.10 bits per heavy atom. The van der Waals surface area contributed by atoms with Gasteiger partial charge < -0.3 is 10.3 Å². The number of hydrogen-bond donors (Lipinski definition) is 2. The van der Waals surface area contributed by atoms with Gasteiger partial charge in [-0.1, -0.05) is 47.6 Å². The second-order valence-electron chi connectivity index (χ2n) is 6.75. The molecule has 0 aliphatic carbocycles. The van der Waals surface area contributed by atoms with Gasteiger partial charge in [0.05, 0.1) is 4.90 Å². The molecule has 1 aromatic heterocycles. The van der Waals surface area contributed by atoms with Crippen LogP contribution >= 0.6 is 23.4 Å². The smallest absolute Gasteiger partial charge is 0.269 e. The molecule has 0 radical (unpaired) electrons. The molecule has 29 heavy (non-hydrogen) atoms. The van der Waals surface area contributed by atoms with Crippen molar-refractivity contribution in [2.75, 3.05) is 0 Å². The molecule has 0 unspecified atom stereocenters. The number of carbonyl (C=O) groups excluding carboxylic acids is 1. The van der Waals surface area contributed by atoms with E-state index in [4.69, 9.17) is 11.6 Å². The predicted molar refractivity (Wildman–Crippen MR) is 116 cm³/mol. The lowest BCUT2D eigenvalue weighted by Crippen LogP contribution is -2.23. The first-order valence-electron chi connectivity index (χ1n) is 9.08. The average Bonchev–Trinajstić information content (AvgIpc) is 3.05. The minimum atomic E-state index is -0.322. The molecule has 1 heterocycles. The summed E-state index contributed by atoms with van der Waals surface area (Å²) in [5.74, 6) is -0.559. The lowest BCUT2D eigenvalue weighted by Gasteiger charge is -2.07. The number of aromatic amines is 1. The number of H-pyrrole nitrogens is 1. The standard InChI is InChI=1S/C23H18ClFN2OS/c1-14-5-10-19-20(11-14)27-21(22(19)29-18-8-6-16(24)7-9-18)23(28)26-13-15-3-2-4-17(25)12-15/h2-12,27H,13H2,1H3,(H,26,28). The Bertz CT molecular complexity index is 1190. The molecule has 3 aromatic carbocycles. The SMILES string of the molecule is Cc1ccc2c(Sc3ccc(Cl)cc3)c(C(=O)NCc3cccc(F)c3)[nH]c2c1. The van der Waals surface area contributed by atoms with Crippen molar-refractivity contribution in [3.8, 4) is 0 Å². The van der Waals surface area contributed by atoms with Crippen molar-refractivity contribution in [3.63, 3.8) is 0 Å². The molecular formula is C23H18ClFN2OS. The Kier molecular flexibility index (Phi) is 5.60. The van der Waals surface area contributed by atoms with Gasteiger partial charge in [-0.15, -0.1) is 0 Å². The van der Waals surface area contributed by atoms with Crippen molar-refractivity contribution < 1.29 is 9.18 Å². The first kappa shape index (κ1) is 19.6. The lowest BCUT2D eigenvalue weighted by atomic mass is 10.2. The van der Waals surface area contributed by atoms with Crippen molar-refractivity contribution in [3.05, 3.63) is 94.4 Å². The van der Waals surface area contributed by atoms with Crippen LogP contribution in [0.2, 0.25) is 5.02 Å². The van der Waals surface area contributed by atoms with Crippen molar-refractivity contribution >= 4 is 40.2 Å². The summed E-state index contributed by atoms with van der Waals surface area (Å²) >= 11 is 7.50. The van der Waals surface area contributed by atoms with E-state index in [1.807, 2.05) is 49.4 Å². The third-order valence-corrected chi connectivity index (χ3v) is 5.90. The van der Waals surface area contributed by atoms with E-state index in [-0.39, 0.29) is 18.3 Å². The molecule has 2 N–H and O–H groups in total. The van der Waals surface area contributed by atoms with Crippen LogP contribution in [0.3, 0.4) is 0 Å².